The summed E-state index contributed by atoms with van der Waals surface area (Å²) < 4.78 is 11.5. The van der Waals surface area contributed by atoms with E-state index in [4.69, 9.17) is 9.47 Å². The van der Waals surface area contributed by atoms with Crippen molar-refractivity contribution in [3.8, 4) is 22.1 Å². The molecular weight excluding hydrogens is 244 g/mol. The Labute approximate surface area is 101 Å². The Hall–Kier alpha value is -1.27. The van der Waals surface area contributed by atoms with Crippen LogP contribution in [0.3, 0.4) is 0 Å². The number of hydrogen-bond acceptors (Lipinski definition) is 6. The second kappa shape index (κ2) is 3.95. The Kier molecular flexibility index (Phi) is 2.45. The Morgan fingerprint density at radius 2 is 2.12 bits per heavy atom. The molecule has 0 saturated carbocycles. The van der Waals surface area contributed by atoms with E-state index in [1.54, 1.807) is 23.1 Å². The van der Waals surface area contributed by atoms with E-state index < -0.39 is 0 Å². The van der Waals surface area contributed by atoms with E-state index in [1.807, 2.05) is 24.5 Å². The number of hydrogen-bond donors (Lipinski definition) is 0. The number of ether oxygens (including phenoxy) is 2. The van der Waals surface area contributed by atoms with Crippen LogP contribution in [0.5, 0.6) is 11.5 Å². The van der Waals surface area contributed by atoms with Gasteiger partial charge in [0.1, 0.15) is 5.01 Å². The van der Waals surface area contributed by atoms with Crippen LogP contribution in [0.2, 0.25) is 0 Å². The first kappa shape index (κ1) is 9.92. The van der Waals surface area contributed by atoms with E-state index in [-0.39, 0.29) is 0 Å². The van der Waals surface area contributed by atoms with Gasteiger partial charge in [0.15, 0.2) is 15.8 Å². The molecule has 16 heavy (non-hydrogen) atoms. The van der Waals surface area contributed by atoms with Crippen molar-refractivity contribution in [2.75, 3.05) is 13.0 Å². The number of thioether (sulfide) groups is 1. The quantitative estimate of drug-likeness (QED) is 0.769. The Balaban J connectivity index is 2.00. The third-order valence-electron chi connectivity index (χ3n) is 2.20. The standard InChI is InChI=1S/C10H8N2O2S2/c1-15-10-12-11-9(16-10)6-2-3-7-8(4-6)14-5-13-7/h2-4H,5H2,1H3. The summed E-state index contributed by atoms with van der Waals surface area (Å²) in [6.45, 7) is 0.297. The second-order valence-corrected chi connectivity index (χ2v) is 5.18. The summed E-state index contributed by atoms with van der Waals surface area (Å²) in [5, 5.41) is 9.10. The van der Waals surface area contributed by atoms with E-state index in [0.717, 1.165) is 26.4 Å². The molecule has 4 nitrogen and oxygen atoms in total. The zero-order valence-corrected chi connectivity index (χ0v) is 10.1. The van der Waals surface area contributed by atoms with Crippen LogP contribution in [-0.2, 0) is 0 Å². The predicted octanol–water partition coefficient (Wildman–Crippen LogP) is 2.66. The van der Waals surface area contributed by atoms with Crippen molar-refractivity contribution in [2.24, 2.45) is 0 Å². The smallest absolute Gasteiger partial charge is 0.231 e. The van der Waals surface area contributed by atoms with Crippen molar-refractivity contribution in [3.63, 3.8) is 0 Å². The maximum Gasteiger partial charge on any atom is 0.231 e. The molecule has 3 rings (SSSR count). The van der Waals surface area contributed by atoms with Gasteiger partial charge in [-0.05, 0) is 24.5 Å². The van der Waals surface area contributed by atoms with Crippen molar-refractivity contribution in [1.29, 1.82) is 0 Å². The van der Waals surface area contributed by atoms with E-state index >= 15 is 0 Å². The zero-order valence-electron chi connectivity index (χ0n) is 8.47. The fraction of sp³-hybridized carbons (Fsp3) is 0.200. The van der Waals surface area contributed by atoms with Gasteiger partial charge in [0, 0.05) is 5.56 Å². The molecule has 0 aliphatic carbocycles. The van der Waals surface area contributed by atoms with Gasteiger partial charge in [0.2, 0.25) is 6.79 Å². The topological polar surface area (TPSA) is 44.2 Å². The number of aromatic nitrogens is 2. The summed E-state index contributed by atoms with van der Waals surface area (Å²) in [7, 11) is 0. The molecule has 0 amide bonds. The molecule has 0 saturated heterocycles. The third-order valence-corrected chi connectivity index (χ3v) is 4.15. The Bertz CT molecular complexity index is 527. The maximum atomic E-state index is 5.32. The van der Waals surface area contributed by atoms with Crippen LogP contribution in [0, 0.1) is 0 Å². The predicted molar refractivity (Wildman–Crippen MR) is 63.2 cm³/mol. The average Bonchev–Trinajstić information content (AvgIpc) is 2.96. The van der Waals surface area contributed by atoms with Crippen molar-refractivity contribution < 1.29 is 9.47 Å². The summed E-state index contributed by atoms with van der Waals surface area (Å²) in [6, 6.07) is 5.81. The number of benzene rings is 1. The molecular formula is C10H8N2O2S2. The van der Waals surface area contributed by atoms with Gasteiger partial charge >= 0.3 is 0 Å². The van der Waals surface area contributed by atoms with Gasteiger partial charge in [-0.1, -0.05) is 23.1 Å². The molecule has 6 heteroatoms. The van der Waals surface area contributed by atoms with Crippen molar-refractivity contribution >= 4 is 23.1 Å². The first-order chi connectivity index (χ1) is 7.86. The third kappa shape index (κ3) is 1.64. The molecule has 2 heterocycles. The molecule has 82 valence electrons. The molecule has 1 aliphatic heterocycles. The number of nitrogens with zero attached hydrogens (tertiary/aromatic N) is 2. The van der Waals surface area contributed by atoms with Crippen molar-refractivity contribution in [1.82, 2.24) is 10.2 Å². The maximum absolute atomic E-state index is 5.32. The van der Waals surface area contributed by atoms with Crippen LogP contribution in [0.15, 0.2) is 22.5 Å². The lowest BCUT2D eigenvalue weighted by atomic mass is 10.2. The highest BCUT2D eigenvalue weighted by molar-refractivity contribution is 8.00. The lowest BCUT2D eigenvalue weighted by Crippen LogP contribution is -1.92. The molecule has 0 fully saturated rings. The monoisotopic (exact) mass is 252 g/mol. The molecule has 0 bridgehead atoms. The lowest BCUT2D eigenvalue weighted by Gasteiger charge is -1.97. The minimum Gasteiger partial charge on any atom is -0.454 e. The summed E-state index contributed by atoms with van der Waals surface area (Å²) >= 11 is 3.17. The van der Waals surface area contributed by atoms with Crippen LogP contribution >= 0.6 is 23.1 Å². The summed E-state index contributed by atoms with van der Waals surface area (Å²) in [5.41, 5.74) is 1.02. The minimum atomic E-state index is 0.297. The molecule has 1 aliphatic rings. The molecule has 0 N–H and O–H groups in total. The van der Waals surface area contributed by atoms with Gasteiger partial charge in [-0.2, -0.15) is 0 Å². The normalized spacial score (nSPS) is 13.1. The van der Waals surface area contributed by atoms with E-state index in [2.05, 4.69) is 10.2 Å². The van der Waals surface area contributed by atoms with Gasteiger partial charge in [0.25, 0.3) is 0 Å². The van der Waals surface area contributed by atoms with Crippen LogP contribution in [-0.4, -0.2) is 23.2 Å². The molecule has 1 aromatic carbocycles. The molecule has 0 spiro atoms. The molecule has 0 unspecified atom stereocenters. The fourth-order valence-electron chi connectivity index (χ4n) is 1.44. The zero-order chi connectivity index (χ0) is 11.0. The summed E-state index contributed by atoms with van der Waals surface area (Å²) in [4.78, 5) is 0. The Morgan fingerprint density at radius 3 is 2.94 bits per heavy atom. The number of rotatable bonds is 2. The van der Waals surface area contributed by atoms with Gasteiger partial charge in [-0.25, -0.2) is 0 Å². The van der Waals surface area contributed by atoms with Gasteiger partial charge in [0.05, 0.1) is 0 Å². The SMILES string of the molecule is CSc1nnc(-c2ccc3c(c2)OCO3)s1. The Morgan fingerprint density at radius 1 is 1.25 bits per heavy atom. The number of fused-ring (bicyclic) bond motifs is 1. The minimum absolute atomic E-state index is 0.297. The van der Waals surface area contributed by atoms with Crippen molar-refractivity contribution in [2.45, 2.75) is 4.34 Å². The van der Waals surface area contributed by atoms with Gasteiger partial charge in [-0.3, -0.25) is 0 Å². The van der Waals surface area contributed by atoms with Crippen LogP contribution in [0.1, 0.15) is 0 Å². The van der Waals surface area contributed by atoms with Crippen LogP contribution in [0.4, 0.5) is 0 Å². The lowest BCUT2D eigenvalue weighted by molar-refractivity contribution is 0.174. The van der Waals surface area contributed by atoms with E-state index in [1.165, 1.54) is 0 Å². The van der Waals surface area contributed by atoms with E-state index in [0.29, 0.717) is 6.79 Å². The van der Waals surface area contributed by atoms with Gasteiger partial charge < -0.3 is 9.47 Å². The largest absolute Gasteiger partial charge is 0.454 e. The highest BCUT2D eigenvalue weighted by Gasteiger charge is 2.15. The first-order valence-corrected chi connectivity index (χ1v) is 6.68. The molecule has 0 radical (unpaired) electrons. The summed E-state index contributed by atoms with van der Waals surface area (Å²) in [6.07, 6.45) is 1.99. The highest BCUT2D eigenvalue weighted by atomic mass is 32.2. The van der Waals surface area contributed by atoms with Gasteiger partial charge in [-0.15, -0.1) is 10.2 Å². The average molecular weight is 252 g/mol. The highest BCUT2D eigenvalue weighted by Crippen LogP contribution is 2.37. The first-order valence-electron chi connectivity index (χ1n) is 4.64. The van der Waals surface area contributed by atoms with Crippen LogP contribution in [0.25, 0.3) is 10.6 Å². The molecule has 2 aromatic rings. The van der Waals surface area contributed by atoms with Crippen molar-refractivity contribution in [3.05, 3.63) is 18.2 Å². The fourth-order valence-corrected chi connectivity index (χ4v) is 2.70. The summed E-state index contributed by atoms with van der Waals surface area (Å²) in [5.74, 6) is 1.57. The van der Waals surface area contributed by atoms with E-state index in [9.17, 15) is 0 Å². The second-order valence-electron chi connectivity index (χ2n) is 3.15. The molecule has 1 aromatic heterocycles. The molecule has 0 atom stereocenters. The van der Waals surface area contributed by atoms with Crippen LogP contribution < -0.4 is 9.47 Å².